The lowest BCUT2D eigenvalue weighted by molar-refractivity contribution is -0.148. The maximum atomic E-state index is 13.1. The van der Waals surface area contributed by atoms with Crippen molar-refractivity contribution in [3.05, 3.63) is 36.2 Å². The fraction of sp³-hybridized carbons (Fsp3) is 0.364. The Bertz CT molecular complexity index is 1420. The SMILES string of the molecule is COc1cc2c(N)nccc2cc1CC(C(=O)O)N1CCC(NS(=O)(=O)c2cnc(N(C)C)s2)C1=O. The molecule has 192 valence electrons. The predicted molar refractivity (Wildman–Crippen MR) is 135 cm³/mol. The number of carbonyl (C=O) groups is 2. The van der Waals surface area contributed by atoms with Gasteiger partial charge in [-0.05, 0) is 35.6 Å². The van der Waals surface area contributed by atoms with E-state index in [1.165, 1.54) is 18.2 Å². The van der Waals surface area contributed by atoms with Crippen molar-refractivity contribution in [3.8, 4) is 5.75 Å². The van der Waals surface area contributed by atoms with E-state index in [2.05, 4.69) is 14.7 Å². The molecule has 3 aromatic rings. The first kappa shape index (κ1) is 25.6. The highest BCUT2D eigenvalue weighted by Crippen LogP contribution is 2.31. The smallest absolute Gasteiger partial charge is 0.326 e. The molecule has 0 bridgehead atoms. The van der Waals surface area contributed by atoms with Crippen LogP contribution in [0.3, 0.4) is 0 Å². The number of anilines is 2. The van der Waals surface area contributed by atoms with Crippen LogP contribution in [0.1, 0.15) is 12.0 Å². The molecule has 0 saturated carbocycles. The molecule has 1 fully saturated rings. The second kappa shape index (κ2) is 9.87. The molecule has 0 radical (unpaired) electrons. The number of nitrogens with two attached hydrogens (primary N) is 1. The third-order valence-corrected chi connectivity index (χ3v) is 9.03. The molecular formula is C22H26N6O6S2. The van der Waals surface area contributed by atoms with Crippen LogP contribution in [-0.4, -0.2) is 80.1 Å². The second-order valence-corrected chi connectivity index (χ2v) is 11.4. The van der Waals surface area contributed by atoms with Gasteiger partial charge in [0.25, 0.3) is 10.0 Å². The van der Waals surface area contributed by atoms with E-state index in [9.17, 15) is 23.1 Å². The molecule has 2 atom stereocenters. The van der Waals surface area contributed by atoms with Crippen molar-refractivity contribution in [2.24, 2.45) is 0 Å². The van der Waals surface area contributed by atoms with Crippen LogP contribution in [0, 0.1) is 0 Å². The monoisotopic (exact) mass is 534 g/mol. The molecule has 4 N–H and O–H groups in total. The van der Waals surface area contributed by atoms with E-state index in [-0.39, 0.29) is 23.6 Å². The van der Waals surface area contributed by atoms with Crippen LogP contribution in [0.15, 0.2) is 34.8 Å². The van der Waals surface area contributed by atoms with Gasteiger partial charge in [-0.3, -0.25) is 4.79 Å². The van der Waals surface area contributed by atoms with Crippen molar-refractivity contribution in [3.63, 3.8) is 0 Å². The Balaban J connectivity index is 1.56. The number of nitrogen functional groups attached to an aromatic ring is 1. The van der Waals surface area contributed by atoms with Gasteiger partial charge in [-0.15, -0.1) is 0 Å². The number of thiazole rings is 1. The summed E-state index contributed by atoms with van der Waals surface area (Å²) in [5.74, 6) is -1.08. The fourth-order valence-electron chi connectivity index (χ4n) is 4.11. The van der Waals surface area contributed by atoms with Crippen LogP contribution in [0.4, 0.5) is 10.9 Å². The lowest BCUT2D eigenvalue weighted by atomic mass is 10.00. The summed E-state index contributed by atoms with van der Waals surface area (Å²) in [7, 11) is 0.927. The maximum absolute atomic E-state index is 13.1. The molecule has 0 spiro atoms. The van der Waals surface area contributed by atoms with Gasteiger partial charge in [-0.2, -0.15) is 4.72 Å². The van der Waals surface area contributed by atoms with Crippen molar-refractivity contribution in [1.29, 1.82) is 0 Å². The third-order valence-electron chi connectivity index (χ3n) is 5.93. The van der Waals surface area contributed by atoms with Crippen LogP contribution < -0.4 is 20.1 Å². The van der Waals surface area contributed by atoms with Crippen LogP contribution in [0.5, 0.6) is 5.75 Å². The van der Waals surface area contributed by atoms with Gasteiger partial charge in [-0.25, -0.2) is 23.2 Å². The number of nitrogens with one attached hydrogen (secondary N) is 1. The lowest BCUT2D eigenvalue weighted by Crippen LogP contribution is -2.48. The number of methoxy groups -OCH3 is 1. The lowest BCUT2D eigenvalue weighted by Gasteiger charge is -2.25. The van der Waals surface area contributed by atoms with E-state index >= 15 is 0 Å². The van der Waals surface area contributed by atoms with Gasteiger partial charge in [-0.1, -0.05) is 11.3 Å². The van der Waals surface area contributed by atoms with Crippen LogP contribution in [-0.2, 0) is 26.0 Å². The normalized spacial score (nSPS) is 16.9. The fourth-order valence-corrected chi connectivity index (χ4v) is 6.39. The molecule has 1 saturated heterocycles. The number of hydrogen-bond acceptors (Lipinski definition) is 10. The number of fused-ring (bicyclic) bond motifs is 1. The Morgan fingerprint density at radius 3 is 2.78 bits per heavy atom. The number of nitrogens with zero attached hydrogens (tertiary/aromatic N) is 4. The molecule has 1 aliphatic rings. The van der Waals surface area contributed by atoms with Crippen LogP contribution >= 0.6 is 11.3 Å². The number of likely N-dealkylation sites (tertiary alicyclic amines) is 1. The highest BCUT2D eigenvalue weighted by molar-refractivity contribution is 7.91. The Hall–Kier alpha value is -3.49. The number of carboxylic acid groups (broad SMARTS) is 1. The zero-order valence-electron chi connectivity index (χ0n) is 19.8. The van der Waals surface area contributed by atoms with E-state index in [4.69, 9.17) is 10.5 Å². The van der Waals surface area contributed by atoms with Gasteiger partial charge < -0.3 is 25.4 Å². The van der Waals surface area contributed by atoms with Gasteiger partial charge in [0.2, 0.25) is 5.91 Å². The summed E-state index contributed by atoms with van der Waals surface area (Å²) in [6.07, 6.45) is 2.88. The van der Waals surface area contributed by atoms with Crippen LogP contribution in [0.25, 0.3) is 10.8 Å². The molecule has 1 aromatic carbocycles. The molecule has 0 aliphatic carbocycles. The van der Waals surface area contributed by atoms with Crippen LogP contribution in [0.2, 0.25) is 0 Å². The summed E-state index contributed by atoms with van der Waals surface area (Å²) < 4.78 is 33.5. The van der Waals surface area contributed by atoms with Crippen molar-refractivity contribution < 1.29 is 27.9 Å². The first-order valence-corrected chi connectivity index (χ1v) is 13.2. The molecule has 1 aliphatic heterocycles. The molecule has 4 rings (SSSR count). The molecular weight excluding hydrogens is 508 g/mol. The van der Waals surface area contributed by atoms with Gasteiger partial charge in [0.15, 0.2) is 9.34 Å². The minimum atomic E-state index is -4.01. The number of aliphatic carboxylic acids is 1. The highest BCUT2D eigenvalue weighted by atomic mass is 32.2. The first-order chi connectivity index (χ1) is 17.0. The molecule has 1 amide bonds. The van der Waals surface area contributed by atoms with Gasteiger partial charge in [0.05, 0.1) is 13.3 Å². The van der Waals surface area contributed by atoms with E-state index < -0.39 is 34.0 Å². The Morgan fingerprint density at radius 2 is 2.14 bits per heavy atom. The number of carboxylic acids is 1. The molecule has 14 heteroatoms. The standard InChI is InChI=1S/C22H26N6O6S2/c1-27(2)22-25-11-18(35-22)36(32,33)26-15-5-7-28(20(15)29)16(21(30)31)9-13-8-12-4-6-24-19(23)14(12)10-17(13)34-3/h4,6,8,10-11,15-16,26H,5,7,9H2,1-3H3,(H2,23,24)(H,30,31). The van der Waals surface area contributed by atoms with Gasteiger partial charge >= 0.3 is 5.97 Å². The molecule has 3 heterocycles. The van der Waals surface area contributed by atoms with E-state index in [1.54, 1.807) is 43.4 Å². The average Bonchev–Trinajstić information content (AvgIpc) is 3.46. The zero-order valence-corrected chi connectivity index (χ0v) is 21.5. The summed E-state index contributed by atoms with van der Waals surface area (Å²) in [4.78, 5) is 36.3. The molecule has 36 heavy (non-hydrogen) atoms. The average molecular weight is 535 g/mol. The van der Waals surface area contributed by atoms with Crippen molar-refractivity contribution in [1.82, 2.24) is 19.6 Å². The first-order valence-electron chi connectivity index (χ1n) is 10.9. The molecule has 2 aromatic heterocycles. The minimum absolute atomic E-state index is 0.0260. The van der Waals surface area contributed by atoms with E-state index in [0.717, 1.165) is 16.7 Å². The summed E-state index contributed by atoms with van der Waals surface area (Å²) in [5.41, 5.74) is 6.52. The number of ether oxygens (including phenoxy) is 1. The van der Waals surface area contributed by atoms with Gasteiger partial charge in [0.1, 0.15) is 23.7 Å². The summed E-state index contributed by atoms with van der Waals surface area (Å²) >= 11 is 0.970. The Kier molecular flexibility index (Phi) is 7.02. The third kappa shape index (κ3) is 4.92. The van der Waals surface area contributed by atoms with Crippen molar-refractivity contribution in [2.45, 2.75) is 29.1 Å². The number of amides is 1. The minimum Gasteiger partial charge on any atom is -0.496 e. The number of benzene rings is 1. The van der Waals surface area contributed by atoms with Crippen molar-refractivity contribution >= 4 is 55.0 Å². The summed E-state index contributed by atoms with van der Waals surface area (Å²) in [6, 6.07) is 2.89. The number of hydrogen-bond donors (Lipinski definition) is 3. The topological polar surface area (TPSA) is 168 Å². The van der Waals surface area contributed by atoms with Gasteiger partial charge in [0, 0.05) is 38.6 Å². The summed E-state index contributed by atoms with van der Waals surface area (Å²) in [5, 5.41) is 11.9. The second-order valence-electron chi connectivity index (χ2n) is 8.49. The molecule has 12 nitrogen and oxygen atoms in total. The summed E-state index contributed by atoms with van der Waals surface area (Å²) in [6.45, 7) is 0.0847. The number of sulfonamides is 1. The van der Waals surface area contributed by atoms with E-state index in [0.29, 0.717) is 27.6 Å². The van der Waals surface area contributed by atoms with Crippen molar-refractivity contribution in [2.75, 3.05) is 38.4 Å². The maximum Gasteiger partial charge on any atom is 0.326 e. The number of rotatable bonds is 9. The largest absolute Gasteiger partial charge is 0.496 e. The van der Waals surface area contributed by atoms with E-state index in [1.807, 2.05) is 0 Å². The number of carbonyl (C=O) groups excluding carboxylic acids is 1. The quantitative estimate of drug-likeness (QED) is 0.359. The highest BCUT2D eigenvalue weighted by Gasteiger charge is 2.41. The Morgan fingerprint density at radius 1 is 1.39 bits per heavy atom. The number of pyridine rings is 1. The number of aromatic nitrogens is 2. The Labute approximate surface area is 211 Å². The zero-order chi connectivity index (χ0) is 26.2. The predicted octanol–water partition coefficient (Wildman–Crippen LogP) is 0.923. The molecule has 2 unspecified atom stereocenters.